The minimum atomic E-state index is -5.84. The molecule has 11 heteroatoms. The summed E-state index contributed by atoms with van der Waals surface area (Å²) in [5, 5.41) is 0.117. The van der Waals surface area contributed by atoms with Gasteiger partial charge in [0.2, 0.25) is 5.88 Å². The summed E-state index contributed by atoms with van der Waals surface area (Å²) in [6.45, 7) is 1.76. The lowest BCUT2D eigenvalue weighted by molar-refractivity contribution is -0.0503. The molecule has 0 radical (unpaired) electrons. The van der Waals surface area contributed by atoms with Crippen molar-refractivity contribution in [2.45, 2.75) is 36.7 Å². The molecule has 0 bridgehead atoms. The fraction of sp³-hybridized carbons (Fsp3) is 0.375. The third-order valence-corrected chi connectivity index (χ3v) is 5.52. The predicted molar refractivity (Wildman–Crippen MR) is 91.8 cm³/mol. The maximum Gasteiger partial charge on any atom is 0.534 e. The molecule has 2 aromatic rings. The van der Waals surface area contributed by atoms with E-state index in [4.69, 9.17) is 4.74 Å². The van der Waals surface area contributed by atoms with Crippen LogP contribution in [0.2, 0.25) is 0 Å². The van der Waals surface area contributed by atoms with Gasteiger partial charge in [-0.05, 0) is 24.3 Å². The van der Waals surface area contributed by atoms with Crippen molar-refractivity contribution in [3.63, 3.8) is 0 Å². The number of alkyl halides is 3. The van der Waals surface area contributed by atoms with Crippen LogP contribution < -0.4 is 4.18 Å². The van der Waals surface area contributed by atoms with Gasteiger partial charge in [-0.3, -0.25) is 0 Å². The van der Waals surface area contributed by atoms with Gasteiger partial charge in [0.1, 0.15) is 0 Å². The summed E-state index contributed by atoms with van der Waals surface area (Å²) >= 11 is 1.07. The van der Waals surface area contributed by atoms with Gasteiger partial charge in [0.25, 0.3) is 0 Å². The van der Waals surface area contributed by atoms with Gasteiger partial charge in [0, 0.05) is 6.42 Å². The molecule has 0 spiro atoms. The highest BCUT2D eigenvalue weighted by Crippen LogP contribution is 2.37. The van der Waals surface area contributed by atoms with Crippen LogP contribution in [0.4, 0.5) is 13.2 Å². The first-order chi connectivity index (χ1) is 12.6. The van der Waals surface area contributed by atoms with Crippen LogP contribution in [0.1, 0.15) is 28.5 Å². The first-order valence-corrected chi connectivity index (χ1v) is 10.4. The number of hydrogen-bond donors (Lipinski definition) is 0. The molecule has 1 atom stereocenters. The SMILES string of the molecule is CSc1nc2c(c(OS(=O)(=O)C(F)(F)F)n1)COC(c1ccccc1C)C2. The topological polar surface area (TPSA) is 78.4 Å². The van der Waals surface area contributed by atoms with Crippen LogP contribution in [0.15, 0.2) is 29.4 Å². The van der Waals surface area contributed by atoms with Crippen LogP contribution in [-0.2, 0) is 27.9 Å². The van der Waals surface area contributed by atoms with Crippen LogP contribution in [0, 0.1) is 6.92 Å². The lowest BCUT2D eigenvalue weighted by atomic mass is 9.96. The number of aryl methyl sites for hydroxylation is 1. The number of thioether (sulfide) groups is 1. The fourth-order valence-electron chi connectivity index (χ4n) is 2.68. The summed E-state index contributed by atoms with van der Waals surface area (Å²) < 4.78 is 70.8. The van der Waals surface area contributed by atoms with E-state index in [0.717, 1.165) is 22.9 Å². The Labute approximate surface area is 158 Å². The van der Waals surface area contributed by atoms with Crippen molar-refractivity contribution in [3.8, 4) is 5.88 Å². The van der Waals surface area contributed by atoms with Crippen LogP contribution in [0.3, 0.4) is 0 Å². The molecule has 2 heterocycles. The summed E-state index contributed by atoms with van der Waals surface area (Å²) in [4.78, 5) is 8.09. The Bertz CT molecular complexity index is 965. The van der Waals surface area contributed by atoms with Crippen molar-refractivity contribution in [1.29, 1.82) is 0 Å². The van der Waals surface area contributed by atoms with Gasteiger partial charge in [-0.15, -0.1) is 0 Å². The van der Waals surface area contributed by atoms with Crippen molar-refractivity contribution >= 4 is 21.9 Å². The van der Waals surface area contributed by atoms with Crippen molar-refractivity contribution in [2.24, 2.45) is 0 Å². The maximum atomic E-state index is 12.7. The molecule has 0 saturated carbocycles. The number of fused-ring (bicyclic) bond motifs is 1. The van der Waals surface area contributed by atoms with E-state index in [1.54, 1.807) is 6.26 Å². The molecule has 146 valence electrons. The van der Waals surface area contributed by atoms with Crippen LogP contribution in [-0.4, -0.2) is 30.1 Å². The van der Waals surface area contributed by atoms with E-state index in [9.17, 15) is 21.6 Å². The maximum absolute atomic E-state index is 12.7. The number of rotatable bonds is 4. The lowest BCUT2D eigenvalue weighted by Gasteiger charge is -2.27. The molecule has 3 rings (SSSR count). The van der Waals surface area contributed by atoms with Gasteiger partial charge in [0.05, 0.1) is 24.0 Å². The van der Waals surface area contributed by atoms with Crippen LogP contribution in [0.5, 0.6) is 5.88 Å². The Morgan fingerprint density at radius 2 is 1.96 bits per heavy atom. The monoisotopic (exact) mass is 420 g/mol. The van der Waals surface area contributed by atoms with E-state index in [2.05, 4.69) is 14.2 Å². The normalized spacial score (nSPS) is 17.4. The van der Waals surface area contributed by atoms with Crippen molar-refractivity contribution < 1.29 is 30.5 Å². The molecule has 0 fully saturated rings. The van der Waals surface area contributed by atoms with E-state index < -0.39 is 21.5 Å². The molecule has 0 saturated heterocycles. The molecule has 1 unspecified atom stereocenters. The molecule has 1 aliphatic heterocycles. The van der Waals surface area contributed by atoms with E-state index in [1.807, 2.05) is 31.2 Å². The Hall–Kier alpha value is -1.85. The smallest absolute Gasteiger partial charge is 0.368 e. The van der Waals surface area contributed by atoms with Gasteiger partial charge in [-0.25, -0.2) is 4.98 Å². The molecule has 0 N–H and O–H groups in total. The summed E-state index contributed by atoms with van der Waals surface area (Å²) in [5.74, 6) is -0.648. The summed E-state index contributed by atoms with van der Waals surface area (Å²) in [6.07, 6.45) is 1.54. The van der Waals surface area contributed by atoms with Gasteiger partial charge in [-0.1, -0.05) is 36.0 Å². The zero-order valence-electron chi connectivity index (χ0n) is 14.3. The Morgan fingerprint density at radius 3 is 2.59 bits per heavy atom. The number of benzene rings is 1. The molecule has 1 aliphatic rings. The molecular formula is C16H15F3N2O4S2. The number of aromatic nitrogens is 2. The van der Waals surface area contributed by atoms with Crippen molar-refractivity contribution in [2.75, 3.05) is 6.26 Å². The van der Waals surface area contributed by atoms with Crippen LogP contribution >= 0.6 is 11.8 Å². The molecule has 6 nitrogen and oxygen atoms in total. The molecule has 0 aliphatic carbocycles. The summed E-state index contributed by atoms with van der Waals surface area (Å²) in [5.41, 5.74) is -3.12. The number of halogens is 3. The minimum Gasteiger partial charge on any atom is -0.368 e. The highest BCUT2D eigenvalue weighted by Gasteiger charge is 2.49. The van der Waals surface area contributed by atoms with Gasteiger partial charge >= 0.3 is 15.6 Å². The van der Waals surface area contributed by atoms with Crippen molar-refractivity contribution in [3.05, 3.63) is 46.6 Å². The molecule has 1 aromatic carbocycles. The van der Waals surface area contributed by atoms with Gasteiger partial charge in [-0.2, -0.15) is 26.6 Å². The van der Waals surface area contributed by atoms with E-state index in [0.29, 0.717) is 5.69 Å². The Kier molecular flexibility index (Phi) is 5.37. The standard InChI is InChI=1S/C16H15F3N2O4S2/c1-9-5-3-4-6-10(9)13-7-12-11(8-24-13)14(21-15(20-12)26-2)25-27(22,23)16(17,18)19/h3-6,13H,7-8H2,1-2H3. The average molecular weight is 420 g/mol. The number of nitrogens with zero attached hydrogens (tertiary/aromatic N) is 2. The molecule has 0 amide bonds. The molecular weight excluding hydrogens is 405 g/mol. The Morgan fingerprint density at radius 1 is 1.26 bits per heavy atom. The van der Waals surface area contributed by atoms with Gasteiger partial charge in [0.15, 0.2) is 5.16 Å². The van der Waals surface area contributed by atoms with E-state index in [-0.39, 0.29) is 29.9 Å². The molecule has 27 heavy (non-hydrogen) atoms. The van der Waals surface area contributed by atoms with E-state index in [1.165, 1.54) is 0 Å². The zero-order chi connectivity index (χ0) is 19.8. The Balaban J connectivity index is 1.99. The summed E-state index contributed by atoms with van der Waals surface area (Å²) in [6, 6.07) is 7.57. The number of hydrogen-bond acceptors (Lipinski definition) is 7. The second kappa shape index (κ2) is 7.28. The third kappa shape index (κ3) is 4.04. The van der Waals surface area contributed by atoms with Crippen LogP contribution in [0.25, 0.3) is 0 Å². The molecule has 1 aromatic heterocycles. The third-order valence-electron chi connectivity index (χ3n) is 4.03. The first-order valence-electron chi connectivity index (χ1n) is 7.74. The predicted octanol–water partition coefficient (Wildman–Crippen LogP) is 3.55. The fourth-order valence-corrected chi connectivity index (χ4v) is 3.49. The lowest BCUT2D eigenvalue weighted by Crippen LogP contribution is -2.29. The summed E-state index contributed by atoms with van der Waals surface area (Å²) in [7, 11) is -5.84. The zero-order valence-corrected chi connectivity index (χ0v) is 15.9. The quantitative estimate of drug-likeness (QED) is 0.324. The number of ether oxygens (including phenoxy) is 1. The second-order valence-corrected chi connectivity index (χ2v) is 8.10. The van der Waals surface area contributed by atoms with Crippen molar-refractivity contribution in [1.82, 2.24) is 9.97 Å². The highest BCUT2D eigenvalue weighted by atomic mass is 32.2. The largest absolute Gasteiger partial charge is 0.534 e. The van der Waals surface area contributed by atoms with E-state index >= 15 is 0 Å². The minimum absolute atomic E-state index is 0.102. The second-order valence-electron chi connectivity index (χ2n) is 5.78. The van der Waals surface area contributed by atoms with Gasteiger partial charge < -0.3 is 8.92 Å². The average Bonchev–Trinajstić information content (AvgIpc) is 2.60. The first kappa shape index (κ1) is 19.9. The highest BCUT2D eigenvalue weighted by molar-refractivity contribution is 7.98.